The van der Waals surface area contributed by atoms with Gasteiger partial charge in [0.05, 0.1) is 6.61 Å². The SMILES string of the molecule is Cc1cc(OC[C@@H]2COC(C)(C)O2)ccc1N=O. The molecule has 1 aliphatic heterocycles. The highest BCUT2D eigenvalue weighted by molar-refractivity contribution is 5.48. The topological polar surface area (TPSA) is 57.1 Å². The zero-order valence-electron chi connectivity index (χ0n) is 10.8. The molecule has 0 N–H and O–H groups in total. The largest absolute Gasteiger partial charge is 0.491 e. The van der Waals surface area contributed by atoms with Crippen LogP contribution in [0.4, 0.5) is 5.69 Å². The van der Waals surface area contributed by atoms with Crippen LogP contribution in [0.25, 0.3) is 0 Å². The monoisotopic (exact) mass is 251 g/mol. The van der Waals surface area contributed by atoms with E-state index in [0.717, 1.165) is 5.56 Å². The maximum atomic E-state index is 10.4. The van der Waals surface area contributed by atoms with E-state index in [2.05, 4.69) is 5.18 Å². The fourth-order valence-corrected chi connectivity index (χ4v) is 1.85. The summed E-state index contributed by atoms with van der Waals surface area (Å²) in [5.41, 5.74) is 1.23. The zero-order valence-corrected chi connectivity index (χ0v) is 10.8. The fourth-order valence-electron chi connectivity index (χ4n) is 1.85. The summed E-state index contributed by atoms with van der Waals surface area (Å²) < 4.78 is 16.7. The Bertz CT molecular complexity index is 445. The lowest BCUT2D eigenvalue weighted by atomic mass is 10.2. The van der Waals surface area contributed by atoms with Crippen LogP contribution in [0.5, 0.6) is 5.75 Å². The van der Waals surface area contributed by atoms with Gasteiger partial charge in [0, 0.05) is 0 Å². The number of aryl methyl sites for hydroxylation is 1. The van der Waals surface area contributed by atoms with E-state index in [1.165, 1.54) is 0 Å². The molecule has 1 fully saturated rings. The third-order valence-electron chi connectivity index (χ3n) is 2.77. The van der Waals surface area contributed by atoms with Gasteiger partial charge in [0.2, 0.25) is 0 Å². The first-order valence-corrected chi connectivity index (χ1v) is 5.89. The summed E-state index contributed by atoms with van der Waals surface area (Å²) in [5, 5.41) is 2.92. The molecule has 5 heteroatoms. The number of hydrogen-bond donors (Lipinski definition) is 0. The van der Waals surface area contributed by atoms with Crippen LogP contribution < -0.4 is 4.74 Å². The average Bonchev–Trinajstić information content (AvgIpc) is 2.66. The van der Waals surface area contributed by atoms with Crippen molar-refractivity contribution in [2.75, 3.05) is 13.2 Å². The Balaban J connectivity index is 1.91. The number of rotatable bonds is 4. The van der Waals surface area contributed by atoms with E-state index in [1.54, 1.807) is 18.2 Å². The second-order valence-corrected chi connectivity index (χ2v) is 4.80. The van der Waals surface area contributed by atoms with Gasteiger partial charge in [0.1, 0.15) is 24.1 Å². The minimum absolute atomic E-state index is 0.0656. The number of ether oxygens (including phenoxy) is 3. The van der Waals surface area contributed by atoms with Gasteiger partial charge in [-0.25, -0.2) is 0 Å². The summed E-state index contributed by atoms with van der Waals surface area (Å²) in [4.78, 5) is 10.4. The predicted octanol–water partition coefficient (Wildman–Crippen LogP) is 2.92. The van der Waals surface area contributed by atoms with Crippen molar-refractivity contribution in [2.45, 2.75) is 32.7 Å². The van der Waals surface area contributed by atoms with Crippen LogP contribution in [-0.4, -0.2) is 25.1 Å². The molecule has 5 nitrogen and oxygen atoms in total. The van der Waals surface area contributed by atoms with Crippen LogP contribution in [0.2, 0.25) is 0 Å². The van der Waals surface area contributed by atoms with Crippen molar-refractivity contribution in [2.24, 2.45) is 5.18 Å². The lowest BCUT2D eigenvalue weighted by Crippen LogP contribution is -2.25. The molecule has 1 heterocycles. The lowest BCUT2D eigenvalue weighted by molar-refractivity contribution is -0.141. The maximum Gasteiger partial charge on any atom is 0.163 e. The molecule has 0 bridgehead atoms. The van der Waals surface area contributed by atoms with Gasteiger partial charge in [-0.3, -0.25) is 0 Å². The third-order valence-corrected chi connectivity index (χ3v) is 2.77. The second-order valence-electron chi connectivity index (χ2n) is 4.80. The first kappa shape index (κ1) is 13.0. The molecule has 0 aromatic heterocycles. The molecular weight excluding hydrogens is 234 g/mol. The first-order chi connectivity index (χ1) is 8.50. The number of nitrogens with zero attached hydrogens (tertiary/aromatic N) is 1. The van der Waals surface area contributed by atoms with Gasteiger partial charge in [-0.1, -0.05) is 0 Å². The van der Waals surface area contributed by atoms with Gasteiger partial charge in [0.15, 0.2) is 5.79 Å². The molecule has 0 radical (unpaired) electrons. The van der Waals surface area contributed by atoms with Crippen LogP contribution >= 0.6 is 0 Å². The molecule has 0 saturated carbocycles. The fraction of sp³-hybridized carbons (Fsp3) is 0.538. The van der Waals surface area contributed by atoms with Crippen molar-refractivity contribution in [3.63, 3.8) is 0 Å². The molecule has 1 atom stereocenters. The maximum absolute atomic E-state index is 10.4. The molecule has 0 aliphatic carbocycles. The quantitative estimate of drug-likeness (QED) is 0.772. The molecule has 2 rings (SSSR count). The minimum Gasteiger partial charge on any atom is -0.491 e. The van der Waals surface area contributed by atoms with Crippen LogP contribution in [0.1, 0.15) is 19.4 Å². The Morgan fingerprint density at radius 1 is 1.50 bits per heavy atom. The Kier molecular flexibility index (Phi) is 3.63. The Morgan fingerprint density at radius 3 is 2.83 bits per heavy atom. The number of benzene rings is 1. The van der Waals surface area contributed by atoms with Crippen LogP contribution in [0.15, 0.2) is 23.4 Å². The first-order valence-electron chi connectivity index (χ1n) is 5.89. The molecule has 1 aromatic carbocycles. The lowest BCUT2D eigenvalue weighted by Gasteiger charge is -2.17. The van der Waals surface area contributed by atoms with Gasteiger partial charge in [-0.2, -0.15) is 0 Å². The van der Waals surface area contributed by atoms with E-state index in [4.69, 9.17) is 14.2 Å². The van der Waals surface area contributed by atoms with E-state index in [1.807, 2.05) is 20.8 Å². The van der Waals surface area contributed by atoms with Crippen LogP contribution in [0, 0.1) is 11.8 Å². The highest BCUT2D eigenvalue weighted by Gasteiger charge is 2.32. The van der Waals surface area contributed by atoms with Crippen molar-refractivity contribution < 1.29 is 14.2 Å². The number of nitroso groups, excluding NO2 is 1. The summed E-state index contributed by atoms with van der Waals surface area (Å²) in [6.45, 7) is 6.53. The van der Waals surface area contributed by atoms with Gasteiger partial charge < -0.3 is 14.2 Å². The van der Waals surface area contributed by atoms with E-state index in [9.17, 15) is 4.91 Å². The highest BCUT2D eigenvalue weighted by Crippen LogP contribution is 2.25. The Labute approximate surface area is 106 Å². The van der Waals surface area contributed by atoms with Gasteiger partial charge >= 0.3 is 0 Å². The summed E-state index contributed by atoms with van der Waals surface area (Å²) >= 11 is 0. The highest BCUT2D eigenvalue weighted by atomic mass is 16.7. The molecule has 1 aromatic rings. The molecule has 1 saturated heterocycles. The van der Waals surface area contributed by atoms with E-state index < -0.39 is 5.79 Å². The molecule has 0 spiro atoms. The van der Waals surface area contributed by atoms with Crippen molar-refractivity contribution >= 4 is 5.69 Å². The second kappa shape index (κ2) is 5.04. The molecule has 18 heavy (non-hydrogen) atoms. The van der Waals surface area contributed by atoms with E-state index in [0.29, 0.717) is 24.7 Å². The minimum atomic E-state index is -0.533. The van der Waals surface area contributed by atoms with Crippen LogP contribution in [-0.2, 0) is 9.47 Å². The van der Waals surface area contributed by atoms with Crippen molar-refractivity contribution in [3.05, 3.63) is 28.7 Å². The molecular formula is C13H17NO4. The molecule has 1 aliphatic rings. The van der Waals surface area contributed by atoms with E-state index in [-0.39, 0.29) is 6.10 Å². The summed E-state index contributed by atoms with van der Waals surface area (Å²) in [7, 11) is 0. The Hall–Kier alpha value is -1.46. The normalized spacial score (nSPS) is 21.8. The summed E-state index contributed by atoms with van der Waals surface area (Å²) in [6, 6.07) is 5.16. The predicted molar refractivity (Wildman–Crippen MR) is 67.0 cm³/mol. The van der Waals surface area contributed by atoms with Gasteiger partial charge in [0.25, 0.3) is 0 Å². The molecule has 0 amide bonds. The van der Waals surface area contributed by atoms with Crippen molar-refractivity contribution in [1.29, 1.82) is 0 Å². The number of hydrogen-bond acceptors (Lipinski definition) is 5. The molecule has 0 unspecified atom stereocenters. The van der Waals surface area contributed by atoms with Crippen molar-refractivity contribution in [1.82, 2.24) is 0 Å². The van der Waals surface area contributed by atoms with E-state index >= 15 is 0 Å². The standard InChI is InChI=1S/C13H17NO4/c1-9-6-10(4-5-12(9)14-15)16-7-11-8-17-13(2,3)18-11/h4-6,11H,7-8H2,1-3H3/t11-/m1/s1. The smallest absolute Gasteiger partial charge is 0.163 e. The zero-order chi connectivity index (χ0) is 13.2. The molecule has 98 valence electrons. The van der Waals surface area contributed by atoms with Gasteiger partial charge in [-0.15, -0.1) is 4.91 Å². The summed E-state index contributed by atoms with van der Waals surface area (Å²) in [6.07, 6.45) is -0.0656. The van der Waals surface area contributed by atoms with Crippen LogP contribution in [0.3, 0.4) is 0 Å². The van der Waals surface area contributed by atoms with Gasteiger partial charge in [-0.05, 0) is 49.7 Å². The third kappa shape index (κ3) is 3.05. The van der Waals surface area contributed by atoms with Crippen molar-refractivity contribution in [3.8, 4) is 5.75 Å². The summed E-state index contributed by atoms with van der Waals surface area (Å²) in [5.74, 6) is 0.170. The Morgan fingerprint density at radius 2 is 2.28 bits per heavy atom. The average molecular weight is 251 g/mol.